The zero-order valence-electron chi connectivity index (χ0n) is 12.1. The molecule has 0 bridgehead atoms. The zero-order chi connectivity index (χ0) is 16.1. The van der Waals surface area contributed by atoms with Gasteiger partial charge in [0, 0.05) is 20.8 Å². The van der Waals surface area contributed by atoms with Crippen molar-refractivity contribution in [3.05, 3.63) is 56.2 Å². The molecule has 6 heteroatoms. The first-order valence-corrected chi connectivity index (χ1v) is 8.34. The van der Waals surface area contributed by atoms with Crippen LogP contribution in [0, 0.1) is 6.92 Å². The molecule has 22 heavy (non-hydrogen) atoms. The molecule has 2 aromatic rings. The number of halogens is 1. The molecule has 0 atom stereocenters. The van der Waals surface area contributed by atoms with E-state index >= 15 is 0 Å². The molecule has 2 rings (SSSR count). The minimum atomic E-state index is -1.01. The van der Waals surface area contributed by atoms with E-state index in [0.717, 1.165) is 19.8 Å². The van der Waals surface area contributed by atoms with E-state index < -0.39 is 5.97 Å². The lowest BCUT2D eigenvalue weighted by atomic mass is 10.2. The Labute approximate surface area is 141 Å². The first-order chi connectivity index (χ1) is 10.4. The van der Waals surface area contributed by atoms with Crippen molar-refractivity contribution in [3.8, 4) is 0 Å². The molecule has 1 N–H and O–H groups in total. The smallest absolute Gasteiger partial charge is 0.323 e. The number of aliphatic carboxylic acids is 1. The van der Waals surface area contributed by atoms with Gasteiger partial charge in [0.25, 0.3) is 0 Å². The van der Waals surface area contributed by atoms with E-state index in [1.54, 1.807) is 11.3 Å². The Morgan fingerprint density at radius 3 is 2.64 bits per heavy atom. The molecular weight excluding hydrogens is 366 g/mol. The average molecular weight is 382 g/mol. The van der Waals surface area contributed by atoms with Crippen LogP contribution in [0.1, 0.15) is 15.3 Å². The summed E-state index contributed by atoms with van der Waals surface area (Å²) in [7, 11) is 0. The van der Waals surface area contributed by atoms with E-state index in [4.69, 9.17) is 5.11 Å². The summed E-state index contributed by atoms with van der Waals surface area (Å²) in [6.45, 7) is 1.97. The SMILES string of the molecule is Cc1ccc(CC(=O)N(CC(=O)O)Cc2cccc(Br)c2)s1. The number of amides is 1. The fourth-order valence-electron chi connectivity index (χ4n) is 2.09. The number of hydrogen-bond donors (Lipinski definition) is 1. The van der Waals surface area contributed by atoms with E-state index in [-0.39, 0.29) is 25.4 Å². The minimum absolute atomic E-state index is 0.177. The second-order valence-electron chi connectivity index (χ2n) is 4.96. The van der Waals surface area contributed by atoms with E-state index in [9.17, 15) is 9.59 Å². The van der Waals surface area contributed by atoms with Crippen LogP contribution in [-0.2, 0) is 22.6 Å². The maximum atomic E-state index is 12.4. The van der Waals surface area contributed by atoms with Crippen LogP contribution < -0.4 is 0 Å². The van der Waals surface area contributed by atoms with Crippen molar-refractivity contribution in [1.82, 2.24) is 4.90 Å². The quantitative estimate of drug-likeness (QED) is 0.832. The van der Waals surface area contributed by atoms with Crippen molar-refractivity contribution in [1.29, 1.82) is 0 Å². The van der Waals surface area contributed by atoms with E-state index in [1.807, 2.05) is 43.3 Å². The highest BCUT2D eigenvalue weighted by Gasteiger charge is 2.18. The van der Waals surface area contributed by atoms with Crippen molar-refractivity contribution in [2.45, 2.75) is 19.9 Å². The number of nitrogens with zero attached hydrogens (tertiary/aromatic N) is 1. The Bertz CT molecular complexity index is 684. The Kier molecular flexibility index (Phi) is 5.74. The van der Waals surface area contributed by atoms with Crippen molar-refractivity contribution in [3.63, 3.8) is 0 Å². The first kappa shape index (κ1) is 16.7. The lowest BCUT2D eigenvalue weighted by molar-refractivity contribution is -0.144. The predicted molar refractivity (Wildman–Crippen MR) is 90.0 cm³/mol. The summed E-state index contributed by atoms with van der Waals surface area (Å²) in [5, 5.41) is 9.04. The van der Waals surface area contributed by atoms with Crippen LogP contribution in [0.2, 0.25) is 0 Å². The molecule has 1 aromatic carbocycles. The van der Waals surface area contributed by atoms with Gasteiger partial charge in [-0.25, -0.2) is 0 Å². The molecule has 0 saturated heterocycles. The van der Waals surface area contributed by atoms with Crippen LogP contribution in [0.25, 0.3) is 0 Å². The molecule has 0 aliphatic heterocycles. The lowest BCUT2D eigenvalue weighted by Gasteiger charge is -2.20. The number of carboxylic acid groups (broad SMARTS) is 1. The maximum Gasteiger partial charge on any atom is 0.323 e. The van der Waals surface area contributed by atoms with Gasteiger partial charge in [0.05, 0.1) is 6.42 Å². The van der Waals surface area contributed by atoms with Crippen LogP contribution >= 0.6 is 27.3 Å². The van der Waals surface area contributed by atoms with Crippen molar-refractivity contribution >= 4 is 39.1 Å². The molecule has 1 heterocycles. The largest absolute Gasteiger partial charge is 0.480 e. The summed E-state index contributed by atoms with van der Waals surface area (Å²) >= 11 is 4.94. The summed E-state index contributed by atoms with van der Waals surface area (Å²) in [5.41, 5.74) is 0.895. The molecule has 0 radical (unpaired) electrons. The van der Waals surface area contributed by atoms with Gasteiger partial charge in [-0.15, -0.1) is 11.3 Å². The molecule has 0 aliphatic carbocycles. The van der Waals surface area contributed by atoms with Crippen molar-refractivity contribution < 1.29 is 14.7 Å². The summed E-state index contributed by atoms with van der Waals surface area (Å²) in [5.74, 6) is -1.19. The molecule has 1 amide bonds. The third-order valence-electron chi connectivity index (χ3n) is 3.06. The van der Waals surface area contributed by atoms with Crippen molar-refractivity contribution in [2.24, 2.45) is 0 Å². The molecule has 4 nitrogen and oxygen atoms in total. The number of carboxylic acids is 1. The van der Waals surface area contributed by atoms with Gasteiger partial charge in [0.1, 0.15) is 6.54 Å². The molecule has 0 fully saturated rings. The predicted octanol–water partition coefficient (Wildman–Crippen LogP) is 3.47. The number of thiophene rings is 1. The number of rotatable bonds is 6. The Morgan fingerprint density at radius 2 is 2.05 bits per heavy atom. The lowest BCUT2D eigenvalue weighted by Crippen LogP contribution is -2.36. The van der Waals surface area contributed by atoms with Crippen LogP contribution in [0.3, 0.4) is 0 Å². The van der Waals surface area contributed by atoms with E-state index in [1.165, 1.54) is 4.90 Å². The monoisotopic (exact) mass is 381 g/mol. The summed E-state index contributed by atoms with van der Waals surface area (Å²) in [6, 6.07) is 11.4. The second kappa shape index (κ2) is 7.56. The summed E-state index contributed by atoms with van der Waals surface area (Å²) in [4.78, 5) is 26.9. The van der Waals surface area contributed by atoms with Gasteiger partial charge < -0.3 is 10.0 Å². The van der Waals surface area contributed by atoms with Gasteiger partial charge in [-0.2, -0.15) is 0 Å². The number of carbonyl (C=O) groups is 2. The fourth-order valence-corrected chi connectivity index (χ4v) is 3.42. The average Bonchev–Trinajstić information content (AvgIpc) is 2.83. The number of aryl methyl sites for hydroxylation is 1. The van der Waals surface area contributed by atoms with Gasteiger partial charge in [-0.3, -0.25) is 9.59 Å². The highest BCUT2D eigenvalue weighted by atomic mass is 79.9. The molecule has 0 aliphatic rings. The van der Waals surface area contributed by atoms with E-state index in [0.29, 0.717) is 0 Å². The molecule has 116 valence electrons. The third-order valence-corrected chi connectivity index (χ3v) is 4.56. The number of carbonyl (C=O) groups excluding carboxylic acids is 1. The molecule has 0 saturated carbocycles. The van der Waals surface area contributed by atoms with Gasteiger partial charge in [-0.05, 0) is 36.8 Å². The van der Waals surface area contributed by atoms with E-state index in [2.05, 4.69) is 15.9 Å². The van der Waals surface area contributed by atoms with Gasteiger partial charge in [-0.1, -0.05) is 28.1 Å². The summed E-state index contributed by atoms with van der Waals surface area (Å²) < 4.78 is 0.904. The van der Waals surface area contributed by atoms with Gasteiger partial charge >= 0.3 is 5.97 Å². The zero-order valence-corrected chi connectivity index (χ0v) is 14.5. The fraction of sp³-hybridized carbons (Fsp3) is 0.250. The van der Waals surface area contributed by atoms with Crippen molar-refractivity contribution in [2.75, 3.05) is 6.54 Å². The van der Waals surface area contributed by atoms with Crippen LogP contribution in [0.4, 0.5) is 0 Å². The van der Waals surface area contributed by atoms with Crippen LogP contribution in [0.15, 0.2) is 40.9 Å². The van der Waals surface area contributed by atoms with Gasteiger partial charge in [0.2, 0.25) is 5.91 Å². The highest BCUT2D eigenvalue weighted by Crippen LogP contribution is 2.18. The molecule has 0 spiro atoms. The van der Waals surface area contributed by atoms with Crippen LogP contribution in [-0.4, -0.2) is 28.4 Å². The topological polar surface area (TPSA) is 57.6 Å². The maximum absolute atomic E-state index is 12.4. The minimum Gasteiger partial charge on any atom is -0.480 e. The highest BCUT2D eigenvalue weighted by molar-refractivity contribution is 9.10. The number of hydrogen-bond acceptors (Lipinski definition) is 3. The molecular formula is C16H16BrNO3S. The third kappa shape index (κ3) is 4.96. The first-order valence-electron chi connectivity index (χ1n) is 6.73. The standard InChI is InChI=1S/C16H16BrNO3S/c1-11-5-6-14(22-11)8-15(19)18(10-16(20)21)9-12-3-2-4-13(17)7-12/h2-7H,8-10H2,1H3,(H,20,21). The normalized spacial score (nSPS) is 10.5. The molecule has 0 unspecified atom stereocenters. The summed E-state index contributed by atoms with van der Waals surface area (Å²) in [6.07, 6.45) is 0.236. The second-order valence-corrected chi connectivity index (χ2v) is 7.25. The Balaban J connectivity index is 2.11. The Hall–Kier alpha value is -1.66. The number of benzene rings is 1. The molecule has 1 aromatic heterocycles. The van der Waals surface area contributed by atoms with Gasteiger partial charge in [0.15, 0.2) is 0 Å². The van der Waals surface area contributed by atoms with Crippen LogP contribution in [0.5, 0.6) is 0 Å². The Morgan fingerprint density at radius 1 is 1.27 bits per heavy atom.